The summed E-state index contributed by atoms with van der Waals surface area (Å²) in [5.74, 6) is -6.50. The molecule has 0 atom stereocenters. The average Bonchev–Trinajstić information content (AvgIpc) is 2.08. The first kappa shape index (κ1) is 70.6. The molecule has 0 saturated heterocycles. The standard InChI is InChI=1S/6C2H4O2.2La.3H2O/c6*1-2(3)4;;;;;/h6*1H3,(H,3,4);;;3*1H2/q;;;;;;2*+3;;;/p-6. The van der Waals surface area contributed by atoms with Crippen molar-refractivity contribution in [2.24, 2.45) is 0 Å². The van der Waals surface area contributed by atoms with Gasteiger partial charge in [0.2, 0.25) is 0 Å². The number of rotatable bonds is 0. The van der Waals surface area contributed by atoms with Crippen LogP contribution in [0.15, 0.2) is 0 Å². The molecule has 0 rings (SSSR count). The van der Waals surface area contributed by atoms with Gasteiger partial charge in [0.25, 0.3) is 0 Å². The second kappa shape index (κ2) is 63.1. The fourth-order valence-electron chi connectivity index (χ4n) is 0. The van der Waals surface area contributed by atoms with Gasteiger partial charge < -0.3 is 75.8 Å². The van der Waals surface area contributed by atoms with E-state index < -0.39 is 35.8 Å². The molecule has 0 spiro atoms. The van der Waals surface area contributed by atoms with Crippen molar-refractivity contribution >= 4 is 35.8 Å². The third-order valence-corrected chi connectivity index (χ3v) is 0. The van der Waals surface area contributed by atoms with Crippen LogP contribution < -0.4 is 30.6 Å². The van der Waals surface area contributed by atoms with Gasteiger partial charge in [-0.25, -0.2) is 0 Å². The number of carbonyl (C=O) groups is 6. The molecule has 0 aromatic carbocycles. The Kier molecular flexibility index (Phi) is 154. The van der Waals surface area contributed by atoms with Gasteiger partial charge in [-0.2, -0.15) is 0 Å². The summed E-state index contributed by atoms with van der Waals surface area (Å²) in [6.45, 7) is 5.83. The first-order chi connectivity index (χ1) is 10.4. The van der Waals surface area contributed by atoms with Gasteiger partial charge in [0.1, 0.15) is 0 Å². The zero-order valence-corrected chi connectivity index (χ0v) is 23.8. The van der Waals surface area contributed by atoms with Crippen LogP contribution in [0.3, 0.4) is 0 Å². The van der Waals surface area contributed by atoms with E-state index in [2.05, 4.69) is 0 Å². The normalized spacial score (nSPS) is 5.17. The SMILES string of the molecule is CC(=O)[O-].CC(=O)[O-].CC(=O)[O-].CC(=O)[O-].CC(=O)[O-].CC(=O)[O-].O.O.O.[La+3].[La+3]. The molecule has 0 heterocycles. The molecule has 0 fully saturated rings. The van der Waals surface area contributed by atoms with E-state index in [-0.39, 0.29) is 87.6 Å². The molecular weight excluding hydrogens is 662 g/mol. The van der Waals surface area contributed by atoms with E-state index in [0.717, 1.165) is 41.5 Å². The molecule has 0 radical (unpaired) electrons. The van der Waals surface area contributed by atoms with E-state index in [4.69, 9.17) is 59.4 Å². The van der Waals surface area contributed by atoms with Crippen molar-refractivity contribution in [1.82, 2.24) is 0 Å². The first-order valence-corrected chi connectivity index (χ1v) is 5.45. The second-order valence-electron chi connectivity index (χ2n) is 2.95. The molecule has 0 saturated carbocycles. The predicted molar refractivity (Wildman–Crippen MR) is 74.9 cm³/mol. The number of hydrogen-bond donors (Lipinski definition) is 0. The van der Waals surface area contributed by atoms with Crippen molar-refractivity contribution in [1.29, 1.82) is 0 Å². The van der Waals surface area contributed by atoms with Gasteiger partial charge in [-0.15, -0.1) is 0 Å². The predicted octanol–water partition coefficient (Wildman–Crippen LogP) is -9.94. The van der Waals surface area contributed by atoms with Crippen molar-refractivity contribution in [3.05, 3.63) is 0 Å². The summed E-state index contributed by atoms with van der Waals surface area (Å²) in [5.41, 5.74) is 0. The number of hydrogen-bond acceptors (Lipinski definition) is 12. The van der Waals surface area contributed by atoms with Crippen LogP contribution in [0.25, 0.3) is 0 Å². The summed E-state index contributed by atoms with van der Waals surface area (Å²) in [6, 6.07) is 0. The van der Waals surface area contributed by atoms with Gasteiger partial charge in [0.15, 0.2) is 0 Å². The van der Waals surface area contributed by atoms with E-state index in [1.165, 1.54) is 0 Å². The number of aliphatic carboxylic acids is 6. The molecule has 29 heavy (non-hydrogen) atoms. The second-order valence-corrected chi connectivity index (χ2v) is 2.95. The van der Waals surface area contributed by atoms with Crippen molar-refractivity contribution in [2.75, 3.05) is 0 Å². The maximum Gasteiger partial charge on any atom is 3.00 e. The minimum Gasteiger partial charge on any atom is -0.550 e. The van der Waals surface area contributed by atoms with Crippen LogP contribution in [0.5, 0.6) is 0 Å². The Bertz CT molecular complexity index is 268. The Morgan fingerprint density at radius 3 is 0.345 bits per heavy atom. The van der Waals surface area contributed by atoms with Gasteiger partial charge in [0.05, 0.1) is 0 Å². The molecule has 15 nitrogen and oxygen atoms in total. The third-order valence-electron chi connectivity index (χ3n) is 0. The van der Waals surface area contributed by atoms with E-state index >= 15 is 0 Å². The maximum absolute atomic E-state index is 8.89. The monoisotopic (exact) mass is 686 g/mol. The fourth-order valence-corrected chi connectivity index (χ4v) is 0. The van der Waals surface area contributed by atoms with E-state index in [1.54, 1.807) is 0 Å². The summed E-state index contributed by atoms with van der Waals surface area (Å²) < 4.78 is 0. The van der Waals surface area contributed by atoms with Gasteiger partial charge in [-0.05, 0) is 41.5 Å². The minimum absolute atomic E-state index is 0. The molecule has 0 bridgehead atoms. The molecule has 168 valence electrons. The molecule has 0 unspecified atom stereocenters. The van der Waals surface area contributed by atoms with Crippen molar-refractivity contribution in [2.45, 2.75) is 41.5 Å². The van der Waals surface area contributed by atoms with E-state index in [0.29, 0.717) is 0 Å². The summed E-state index contributed by atoms with van der Waals surface area (Å²) in [4.78, 5) is 53.3. The van der Waals surface area contributed by atoms with Crippen LogP contribution in [0.4, 0.5) is 0 Å². The molecule has 0 aromatic rings. The van der Waals surface area contributed by atoms with Gasteiger partial charge in [-0.1, -0.05) is 0 Å². The van der Waals surface area contributed by atoms with E-state index in [1.807, 2.05) is 0 Å². The Morgan fingerprint density at radius 2 is 0.345 bits per heavy atom. The smallest absolute Gasteiger partial charge is 0.550 e. The Labute approximate surface area is 222 Å². The first-order valence-electron chi connectivity index (χ1n) is 5.45. The van der Waals surface area contributed by atoms with Crippen molar-refractivity contribution < 1.29 is 147 Å². The Balaban J connectivity index is -0.0000000144. The molecule has 17 heteroatoms. The molecular formula is C12H24La2O15. The summed E-state index contributed by atoms with van der Waals surface area (Å²) >= 11 is 0. The van der Waals surface area contributed by atoms with Crippen LogP contribution in [0, 0.1) is 71.2 Å². The molecule has 0 aliphatic heterocycles. The molecule has 0 aliphatic rings. The number of carboxylic acids is 6. The van der Waals surface area contributed by atoms with Gasteiger partial charge in [0, 0.05) is 35.8 Å². The molecule has 6 N–H and O–H groups in total. The quantitative estimate of drug-likeness (QED) is 0.229. The Hall–Kier alpha value is -0.910. The number of carboxylic acid groups (broad SMARTS) is 6. The topological polar surface area (TPSA) is 335 Å². The van der Waals surface area contributed by atoms with Crippen LogP contribution >= 0.6 is 0 Å². The maximum atomic E-state index is 8.89. The summed E-state index contributed by atoms with van der Waals surface area (Å²) in [6.07, 6.45) is 0. The zero-order valence-electron chi connectivity index (χ0n) is 16.6. The Morgan fingerprint density at radius 1 is 0.345 bits per heavy atom. The van der Waals surface area contributed by atoms with Crippen LogP contribution in [-0.2, 0) is 28.8 Å². The van der Waals surface area contributed by atoms with E-state index in [9.17, 15) is 0 Å². The van der Waals surface area contributed by atoms with Crippen LogP contribution in [0.2, 0.25) is 0 Å². The van der Waals surface area contributed by atoms with Crippen LogP contribution in [-0.4, -0.2) is 52.2 Å². The minimum atomic E-state index is -1.08. The van der Waals surface area contributed by atoms with Gasteiger partial charge in [-0.3, -0.25) is 0 Å². The largest absolute Gasteiger partial charge is 3.00 e. The summed E-state index contributed by atoms with van der Waals surface area (Å²) in [5, 5.41) is 53.3. The van der Waals surface area contributed by atoms with Crippen molar-refractivity contribution in [3.63, 3.8) is 0 Å². The van der Waals surface area contributed by atoms with Crippen molar-refractivity contribution in [3.8, 4) is 0 Å². The molecule has 0 aromatic heterocycles. The van der Waals surface area contributed by atoms with Gasteiger partial charge >= 0.3 is 71.2 Å². The average molecular weight is 686 g/mol. The fraction of sp³-hybridized carbons (Fsp3) is 0.500. The molecule has 0 aliphatic carbocycles. The zero-order chi connectivity index (χ0) is 21.5. The van der Waals surface area contributed by atoms with Crippen LogP contribution in [0.1, 0.15) is 41.5 Å². The summed E-state index contributed by atoms with van der Waals surface area (Å²) in [7, 11) is 0. The molecule has 0 amide bonds. The number of carbonyl (C=O) groups excluding carboxylic acids is 6. The third kappa shape index (κ3) is 20600.